The topological polar surface area (TPSA) is 161 Å². The summed E-state index contributed by atoms with van der Waals surface area (Å²) in [5, 5.41) is 5.54. The van der Waals surface area contributed by atoms with Crippen LogP contribution in [0.25, 0.3) is 22.5 Å². The fourth-order valence-electron chi connectivity index (χ4n) is 3.80. The minimum absolute atomic E-state index is 0.0759. The van der Waals surface area contributed by atoms with E-state index in [0.717, 1.165) is 40.4 Å². The van der Waals surface area contributed by atoms with Gasteiger partial charge in [0.25, 0.3) is 0 Å². The third-order valence-corrected chi connectivity index (χ3v) is 6.84. The minimum atomic E-state index is -4.01. The second kappa shape index (κ2) is 9.25. The number of furan rings is 1. The van der Waals surface area contributed by atoms with E-state index in [1.165, 1.54) is 18.1 Å². The van der Waals surface area contributed by atoms with Crippen molar-refractivity contribution in [3.63, 3.8) is 0 Å². The first-order chi connectivity index (χ1) is 16.4. The van der Waals surface area contributed by atoms with E-state index in [0.29, 0.717) is 35.9 Å². The molecule has 0 radical (unpaired) electrons. The highest BCUT2D eigenvalue weighted by molar-refractivity contribution is 7.99. The van der Waals surface area contributed by atoms with E-state index in [1.54, 1.807) is 6.26 Å². The molecular formula is C21H22N6O5S2. The molecule has 0 amide bonds. The average molecular weight is 503 g/mol. The summed E-state index contributed by atoms with van der Waals surface area (Å²) < 4.78 is 40.3. The summed E-state index contributed by atoms with van der Waals surface area (Å²) in [6.07, 6.45) is 5.26. The Morgan fingerprint density at radius 1 is 1.26 bits per heavy atom. The maximum Gasteiger partial charge on any atom is 0.333 e. The van der Waals surface area contributed by atoms with E-state index in [-0.39, 0.29) is 12.4 Å². The van der Waals surface area contributed by atoms with E-state index >= 15 is 0 Å². The summed E-state index contributed by atoms with van der Waals surface area (Å²) in [5.74, 6) is 1.83. The summed E-state index contributed by atoms with van der Waals surface area (Å²) >= 11 is 1.41. The Kier molecular flexibility index (Phi) is 6.16. The first-order valence-corrected chi connectivity index (χ1v) is 12.8. The molecule has 4 aromatic rings. The van der Waals surface area contributed by atoms with Crippen LogP contribution in [0, 0.1) is 0 Å². The number of fused-ring (bicyclic) bond motifs is 2. The lowest BCUT2D eigenvalue weighted by molar-refractivity contribution is 0.287. The third-order valence-electron chi connectivity index (χ3n) is 5.30. The van der Waals surface area contributed by atoms with E-state index < -0.39 is 10.3 Å². The lowest BCUT2D eigenvalue weighted by Crippen LogP contribution is -2.17. The van der Waals surface area contributed by atoms with Gasteiger partial charge in [-0.15, -0.1) is 0 Å². The number of nitrogen functional groups attached to an aromatic ring is 1. The largest absolute Gasteiger partial charge is 0.493 e. The smallest absolute Gasteiger partial charge is 0.333 e. The number of nitrogens with two attached hydrogens (primary N) is 2. The molecule has 1 aliphatic heterocycles. The van der Waals surface area contributed by atoms with Crippen LogP contribution in [0.5, 0.6) is 5.75 Å². The number of ether oxygens (including phenoxy) is 1. The first-order valence-electron chi connectivity index (χ1n) is 10.5. The molecule has 5 rings (SSSR count). The van der Waals surface area contributed by atoms with Gasteiger partial charge in [0.05, 0.1) is 19.5 Å². The van der Waals surface area contributed by atoms with Crippen LogP contribution in [0.15, 0.2) is 51.3 Å². The van der Waals surface area contributed by atoms with E-state index in [4.69, 9.17) is 25.0 Å². The number of aryl methyl sites for hydroxylation is 2. The zero-order valence-electron chi connectivity index (χ0n) is 18.0. The van der Waals surface area contributed by atoms with Crippen LogP contribution in [-0.4, -0.2) is 41.2 Å². The lowest BCUT2D eigenvalue weighted by Gasteiger charge is -2.20. The van der Waals surface area contributed by atoms with Crippen molar-refractivity contribution >= 4 is 39.0 Å². The molecule has 0 fully saturated rings. The fraction of sp³-hybridized carbons (Fsp3) is 0.286. The molecule has 13 heteroatoms. The molecule has 0 saturated heterocycles. The highest BCUT2D eigenvalue weighted by Gasteiger charge is 2.21. The molecule has 4 heterocycles. The predicted molar refractivity (Wildman–Crippen MR) is 125 cm³/mol. The van der Waals surface area contributed by atoms with Gasteiger partial charge in [-0.25, -0.2) is 20.1 Å². The van der Waals surface area contributed by atoms with Crippen molar-refractivity contribution in [2.75, 3.05) is 18.9 Å². The number of imidazole rings is 1. The quantitative estimate of drug-likeness (QED) is 0.343. The van der Waals surface area contributed by atoms with Crippen LogP contribution in [0.4, 0.5) is 5.82 Å². The van der Waals surface area contributed by atoms with Gasteiger partial charge >= 0.3 is 10.3 Å². The molecule has 178 valence electrons. The van der Waals surface area contributed by atoms with Crippen LogP contribution in [-0.2, 0) is 27.5 Å². The Balaban J connectivity index is 1.54. The van der Waals surface area contributed by atoms with E-state index in [9.17, 15) is 8.42 Å². The zero-order chi connectivity index (χ0) is 23.7. The van der Waals surface area contributed by atoms with Crippen LogP contribution in [0.1, 0.15) is 18.4 Å². The van der Waals surface area contributed by atoms with Gasteiger partial charge in [-0.05, 0) is 49.1 Å². The van der Waals surface area contributed by atoms with Gasteiger partial charge in [-0.1, -0.05) is 11.8 Å². The van der Waals surface area contributed by atoms with Crippen molar-refractivity contribution < 1.29 is 21.8 Å². The normalized spacial score (nSPS) is 13.7. The molecule has 0 unspecified atom stereocenters. The number of benzene rings is 1. The molecule has 0 saturated carbocycles. The SMILES string of the molecule is Nc1ncnc2c1nc(Sc1cc3c(cc1-c1ccco1)CCCO3)n2CCCOS(N)(=O)=O. The van der Waals surface area contributed by atoms with Crippen LogP contribution < -0.4 is 15.6 Å². The van der Waals surface area contributed by atoms with E-state index in [2.05, 4.69) is 20.2 Å². The summed E-state index contributed by atoms with van der Waals surface area (Å²) in [7, 11) is -4.01. The summed E-state index contributed by atoms with van der Waals surface area (Å²) in [6, 6.07) is 7.85. The van der Waals surface area contributed by atoms with Crippen LogP contribution in [0.3, 0.4) is 0 Å². The van der Waals surface area contributed by atoms with Crippen molar-refractivity contribution in [2.45, 2.75) is 35.9 Å². The summed E-state index contributed by atoms with van der Waals surface area (Å²) in [5.41, 5.74) is 9.11. The number of rotatable bonds is 8. The predicted octanol–water partition coefficient (Wildman–Crippen LogP) is 2.75. The van der Waals surface area contributed by atoms with Gasteiger partial charge in [0, 0.05) is 17.0 Å². The van der Waals surface area contributed by atoms with Gasteiger partial charge in [0.2, 0.25) is 0 Å². The number of anilines is 1. The van der Waals surface area contributed by atoms with Gasteiger partial charge < -0.3 is 19.5 Å². The van der Waals surface area contributed by atoms with Crippen molar-refractivity contribution in [1.82, 2.24) is 19.5 Å². The highest BCUT2D eigenvalue weighted by atomic mass is 32.2. The average Bonchev–Trinajstić information content (AvgIpc) is 3.45. The van der Waals surface area contributed by atoms with E-state index in [1.807, 2.05) is 22.8 Å². The van der Waals surface area contributed by atoms with Gasteiger partial charge in [-0.2, -0.15) is 8.42 Å². The van der Waals surface area contributed by atoms with Gasteiger partial charge in [0.1, 0.15) is 17.8 Å². The van der Waals surface area contributed by atoms with Crippen molar-refractivity contribution in [1.29, 1.82) is 0 Å². The van der Waals surface area contributed by atoms with Gasteiger partial charge in [-0.3, -0.25) is 4.18 Å². The Bertz CT molecular complexity index is 1440. The Morgan fingerprint density at radius 2 is 2.15 bits per heavy atom. The lowest BCUT2D eigenvalue weighted by atomic mass is 10.0. The number of hydrogen-bond acceptors (Lipinski definition) is 10. The Labute approximate surface area is 199 Å². The molecule has 34 heavy (non-hydrogen) atoms. The maximum atomic E-state index is 11.1. The number of nitrogens with zero attached hydrogens (tertiary/aromatic N) is 4. The molecular weight excluding hydrogens is 480 g/mol. The zero-order valence-corrected chi connectivity index (χ0v) is 19.6. The molecule has 0 spiro atoms. The first kappa shape index (κ1) is 22.7. The molecule has 0 atom stereocenters. The van der Waals surface area contributed by atoms with Crippen molar-refractivity contribution in [3.05, 3.63) is 42.4 Å². The molecule has 1 aromatic carbocycles. The minimum Gasteiger partial charge on any atom is -0.493 e. The number of aromatic nitrogens is 4. The van der Waals surface area contributed by atoms with Crippen molar-refractivity contribution in [2.24, 2.45) is 5.14 Å². The van der Waals surface area contributed by atoms with Crippen LogP contribution >= 0.6 is 11.8 Å². The Hall–Kier alpha value is -3.13. The molecule has 3 aromatic heterocycles. The standard InChI is InChI=1S/C21H22N6O5S2/c22-19-18-20(25-12-24-19)27(6-3-9-32-34(23,28)29)21(26-18)33-17-11-16-13(4-1-7-31-16)10-14(17)15-5-2-8-30-15/h2,5,8,10-12H,1,3-4,6-7,9H2,(H2,22,24,25)(H2,23,28,29). The maximum absolute atomic E-state index is 11.1. The van der Waals surface area contributed by atoms with Gasteiger partial charge in [0.15, 0.2) is 22.1 Å². The number of hydrogen-bond donors (Lipinski definition) is 2. The summed E-state index contributed by atoms with van der Waals surface area (Å²) in [6.45, 7) is 0.974. The van der Waals surface area contributed by atoms with Crippen LogP contribution in [0.2, 0.25) is 0 Å². The third kappa shape index (κ3) is 4.73. The van der Waals surface area contributed by atoms with Crippen molar-refractivity contribution in [3.8, 4) is 17.1 Å². The summed E-state index contributed by atoms with van der Waals surface area (Å²) in [4.78, 5) is 14.0. The molecule has 4 N–H and O–H groups in total. The molecule has 0 bridgehead atoms. The monoisotopic (exact) mass is 502 g/mol. The molecule has 0 aliphatic carbocycles. The fourth-order valence-corrected chi connectivity index (χ4v) is 5.21. The second-order valence-electron chi connectivity index (χ2n) is 7.63. The molecule has 11 nitrogen and oxygen atoms in total. The molecule has 1 aliphatic rings. The Morgan fingerprint density at radius 3 is 2.94 bits per heavy atom. The highest BCUT2D eigenvalue weighted by Crippen LogP contribution is 2.42. The second-order valence-corrected chi connectivity index (χ2v) is 9.86.